The summed E-state index contributed by atoms with van der Waals surface area (Å²) >= 11 is 0. The Balaban J connectivity index is 1.80. The highest BCUT2D eigenvalue weighted by atomic mass is 19.1. The lowest BCUT2D eigenvalue weighted by molar-refractivity contribution is 0.0979. The van der Waals surface area contributed by atoms with E-state index in [1.807, 2.05) is 0 Å². The van der Waals surface area contributed by atoms with Gasteiger partial charge in [-0.05, 0) is 73.9 Å². The number of H-pyrrole nitrogens is 1. The van der Waals surface area contributed by atoms with Crippen LogP contribution in [0.2, 0.25) is 0 Å². The number of aromatic nitrogens is 1. The number of aryl methyl sites for hydroxylation is 1. The lowest BCUT2D eigenvalue weighted by Gasteiger charge is -2.35. The molecular formula is C20H22FN3O2. The van der Waals surface area contributed by atoms with Gasteiger partial charge in [0.15, 0.2) is 0 Å². The standard InChI is InChI=1S/C20H22FN3O2/c21-14-5-6-18-13(8-14)7-12(10-22)11-24(18)20(26)16-9-19(25)23-17-4-2-1-3-15(16)17/h5-6,8-9,12H,1-4,7,10-11,22H2,(H,23,25). The van der Waals surface area contributed by atoms with Crippen LogP contribution in [0.4, 0.5) is 10.1 Å². The first-order chi connectivity index (χ1) is 12.6. The Morgan fingerprint density at radius 3 is 2.88 bits per heavy atom. The zero-order valence-corrected chi connectivity index (χ0v) is 14.6. The zero-order valence-electron chi connectivity index (χ0n) is 14.6. The van der Waals surface area contributed by atoms with Crippen LogP contribution in [-0.2, 0) is 19.3 Å². The molecule has 0 radical (unpaired) electrons. The van der Waals surface area contributed by atoms with Crippen LogP contribution in [-0.4, -0.2) is 24.0 Å². The van der Waals surface area contributed by atoms with E-state index < -0.39 is 0 Å². The van der Waals surface area contributed by atoms with Crippen LogP contribution in [0.25, 0.3) is 0 Å². The number of nitrogens with zero attached hydrogens (tertiary/aromatic N) is 1. The van der Waals surface area contributed by atoms with E-state index in [0.717, 1.165) is 42.5 Å². The van der Waals surface area contributed by atoms with Crippen molar-refractivity contribution < 1.29 is 9.18 Å². The molecule has 1 aromatic heterocycles. The van der Waals surface area contributed by atoms with Crippen molar-refractivity contribution in [2.45, 2.75) is 32.1 Å². The maximum Gasteiger partial charge on any atom is 0.258 e. The van der Waals surface area contributed by atoms with E-state index in [1.165, 1.54) is 18.2 Å². The van der Waals surface area contributed by atoms with E-state index in [1.54, 1.807) is 11.0 Å². The third-order valence-corrected chi connectivity index (χ3v) is 5.43. The van der Waals surface area contributed by atoms with E-state index in [9.17, 15) is 14.0 Å². The lowest BCUT2D eigenvalue weighted by atomic mass is 9.89. The molecule has 0 spiro atoms. The summed E-state index contributed by atoms with van der Waals surface area (Å²) in [6, 6.07) is 5.90. The molecule has 0 fully saturated rings. The normalized spacial score (nSPS) is 19.0. The van der Waals surface area contributed by atoms with E-state index in [4.69, 9.17) is 5.73 Å². The summed E-state index contributed by atoms with van der Waals surface area (Å²) in [6.45, 7) is 0.906. The Morgan fingerprint density at radius 1 is 1.27 bits per heavy atom. The van der Waals surface area contributed by atoms with Crippen molar-refractivity contribution in [2.24, 2.45) is 11.7 Å². The summed E-state index contributed by atoms with van der Waals surface area (Å²) in [7, 11) is 0. The molecule has 1 aliphatic carbocycles. The van der Waals surface area contributed by atoms with Crippen molar-refractivity contribution in [3.05, 3.63) is 62.8 Å². The smallest absolute Gasteiger partial charge is 0.258 e. The number of benzene rings is 1. The van der Waals surface area contributed by atoms with Crippen LogP contribution >= 0.6 is 0 Å². The van der Waals surface area contributed by atoms with Crippen LogP contribution in [0.3, 0.4) is 0 Å². The Bertz CT molecular complexity index is 922. The summed E-state index contributed by atoms with van der Waals surface area (Å²) in [5.74, 6) is -0.436. The molecule has 1 unspecified atom stereocenters. The van der Waals surface area contributed by atoms with Crippen molar-refractivity contribution in [3.63, 3.8) is 0 Å². The molecule has 1 amide bonds. The number of rotatable bonds is 2. The average molecular weight is 355 g/mol. The van der Waals surface area contributed by atoms with Crippen molar-refractivity contribution in [3.8, 4) is 0 Å². The number of anilines is 1. The fourth-order valence-corrected chi connectivity index (χ4v) is 4.14. The van der Waals surface area contributed by atoms with Crippen LogP contribution < -0.4 is 16.2 Å². The minimum absolute atomic E-state index is 0.0751. The first-order valence-corrected chi connectivity index (χ1v) is 9.12. The van der Waals surface area contributed by atoms with Crippen LogP contribution in [0.15, 0.2) is 29.1 Å². The van der Waals surface area contributed by atoms with Gasteiger partial charge in [-0.2, -0.15) is 0 Å². The third-order valence-electron chi connectivity index (χ3n) is 5.43. The Labute approximate surface area is 151 Å². The molecule has 1 aliphatic heterocycles. The molecule has 4 rings (SSSR count). The molecule has 136 valence electrons. The number of halogens is 1. The maximum atomic E-state index is 13.7. The van der Waals surface area contributed by atoms with Crippen LogP contribution in [0, 0.1) is 11.7 Å². The number of hydrogen-bond acceptors (Lipinski definition) is 3. The quantitative estimate of drug-likeness (QED) is 0.866. The molecule has 3 N–H and O–H groups in total. The monoisotopic (exact) mass is 355 g/mol. The predicted octanol–water partition coefficient (Wildman–Crippen LogP) is 2.17. The number of pyridine rings is 1. The SMILES string of the molecule is NCC1Cc2cc(F)ccc2N(C(=O)c2cc(=O)[nH]c3c2CCCC3)C1. The van der Waals surface area contributed by atoms with Gasteiger partial charge in [-0.15, -0.1) is 0 Å². The molecule has 1 aromatic carbocycles. The van der Waals surface area contributed by atoms with E-state index >= 15 is 0 Å². The highest BCUT2D eigenvalue weighted by Crippen LogP contribution is 2.32. The third kappa shape index (κ3) is 2.94. The summed E-state index contributed by atoms with van der Waals surface area (Å²) < 4.78 is 13.7. The van der Waals surface area contributed by atoms with Crippen LogP contribution in [0.1, 0.15) is 40.0 Å². The second kappa shape index (κ2) is 6.68. The largest absolute Gasteiger partial charge is 0.330 e. The van der Waals surface area contributed by atoms with Gasteiger partial charge < -0.3 is 15.6 Å². The number of aromatic amines is 1. The highest BCUT2D eigenvalue weighted by Gasteiger charge is 2.31. The van der Waals surface area contributed by atoms with Gasteiger partial charge in [-0.3, -0.25) is 9.59 Å². The highest BCUT2D eigenvalue weighted by molar-refractivity contribution is 6.07. The van der Waals surface area contributed by atoms with Crippen molar-refractivity contribution in [1.29, 1.82) is 0 Å². The lowest BCUT2D eigenvalue weighted by Crippen LogP contribution is -2.43. The van der Waals surface area contributed by atoms with Crippen molar-refractivity contribution >= 4 is 11.6 Å². The topological polar surface area (TPSA) is 79.2 Å². The maximum absolute atomic E-state index is 13.7. The second-order valence-electron chi connectivity index (χ2n) is 7.21. The first-order valence-electron chi connectivity index (χ1n) is 9.12. The van der Waals surface area contributed by atoms with Gasteiger partial charge in [-0.25, -0.2) is 4.39 Å². The molecule has 5 nitrogen and oxygen atoms in total. The van der Waals surface area contributed by atoms with E-state index in [2.05, 4.69) is 4.98 Å². The van der Waals surface area contributed by atoms with Gasteiger partial charge in [-0.1, -0.05) is 0 Å². The molecular weight excluding hydrogens is 333 g/mol. The second-order valence-corrected chi connectivity index (χ2v) is 7.21. The van der Waals surface area contributed by atoms with Gasteiger partial charge in [0.05, 0.1) is 5.56 Å². The number of carbonyl (C=O) groups is 1. The minimum Gasteiger partial charge on any atom is -0.330 e. The number of hydrogen-bond donors (Lipinski definition) is 2. The molecule has 2 aromatic rings. The van der Waals surface area contributed by atoms with Gasteiger partial charge in [0.2, 0.25) is 5.56 Å². The van der Waals surface area contributed by atoms with Gasteiger partial charge in [0.1, 0.15) is 5.82 Å². The number of nitrogens with two attached hydrogens (primary N) is 1. The number of nitrogens with one attached hydrogen (secondary N) is 1. The zero-order chi connectivity index (χ0) is 18.3. The number of carbonyl (C=O) groups excluding carboxylic acids is 1. The summed E-state index contributed by atoms with van der Waals surface area (Å²) in [4.78, 5) is 30.0. The molecule has 1 atom stereocenters. The van der Waals surface area contributed by atoms with E-state index in [-0.39, 0.29) is 23.2 Å². The number of amides is 1. The van der Waals surface area contributed by atoms with Crippen molar-refractivity contribution in [2.75, 3.05) is 18.0 Å². The van der Waals surface area contributed by atoms with Crippen molar-refractivity contribution in [1.82, 2.24) is 4.98 Å². The minimum atomic E-state index is -0.317. The Morgan fingerprint density at radius 2 is 2.08 bits per heavy atom. The van der Waals surface area contributed by atoms with E-state index in [0.29, 0.717) is 30.8 Å². The summed E-state index contributed by atoms with van der Waals surface area (Å²) in [5, 5.41) is 0. The fourth-order valence-electron chi connectivity index (χ4n) is 4.14. The van der Waals surface area contributed by atoms with Gasteiger partial charge >= 0.3 is 0 Å². The summed E-state index contributed by atoms with van der Waals surface area (Å²) in [6.07, 6.45) is 4.26. The Hall–Kier alpha value is -2.47. The van der Waals surface area contributed by atoms with Gasteiger partial charge in [0, 0.05) is 24.0 Å². The molecule has 2 heterocycles. The number of fused-ring (bicyclic) bond motifs is 2. The molecule has 0 saturated heterocycles. The molecule has 0 saturated carbocycles. The van der Waals surface area contributed by atoms with Gasteiger partial charge in [0.25, 0.3) is 5.91 Å². The summed E-state index contributed by atoms with van der Waals surface area (Å²) in [5.41, 5.74) is 9.39. The Kier molecular flexibility index (Phi) is 4.36. The molecule has 2 aliphatic rings. The molecule has 0 bridgehead atoms. The predicted molar refractivity (Wildman–Crippen MR) is 98.0 cm³/mol. The van der Waals surface area contributed by atoms with Crippen LogP contribution in [0.5, 0.6) is 0 Å². The fraction of sp³-hybridized carbons (Fsp3) is 0.400. The molecule has 6 heteroatoms. The first kappa shape index (κ1) is 17.0. The average Bonchev–Trinajstić information content (AvgIpc) is 2.65. The molecule has 26 heavy (non-hydrogen) atoms.